The van der Waals surface area contributed by atoms with Crippen LogP contribution in [0, 0.1) is 5.82 Å². The SMILES string of the molecule is COc1cc2cn[nH]c(=O)c2c(-c2ccc(CCP(=O)(O)O)cc2F)n1. The maximum Gasteiger partial charge on any atom is 0.325 e. The predicted molar refractivity (Wildman–Crippen MR) is 92.7 cm³/mol. The number of fused-ring (bicyclic) bond motifs is 1. The number of nitrogens with zero attached hydrogens (tertiary/aromatic N) is 2. The van der Waals surface area contributed by atoms with Crippen LogP contribution in [0.25, 0.3) is 22.0 Å². The van der Waals surface area contributed by atoms with Gasteiger partial charge in [-0.25, -0.2) is 14.5 Å². The van der Waals surface area contributed by atoms with Gasteiger partial charge in [0.05, 0.1) is 30.5 Å². The number of pyridine rings is 1. The van der Waals surface area contributed by atoms with Gasteiger partial charge in [0.15, 0.2) is 0 Å². The average molecular weight is 379 g/mol. The molecule has 0 atom stereocenters. The molecule has 2 heterocycles. The zero-order valence-corrected chi connectivity index (χ0v) is 14.5. The lowest BCUT2D eigenvalue weighted by Crippen LogP contribution is -2.10. The van der Waals surface area contributed by atoms with Crippen molar-refractivity contribution in [2.24, 2.45) is 0 Å². The van der Waals surface area contributed by atoms with Crippen molar-refractivity contribution in [2.45, 2.75) is 6.42 Å². The number of hydrogen-bond acceptors (Lipinski definition) is 5. The fraction of sp³-hybridized carbons (Fsp3) is 0.188. The third-order valence-corrected chi connectivity index (χ3v) is 4.62. The zero-order valence-electron chi connectivity index (χ0n) is 13.6. The number of aromatic amines is 1. The molecule has 10 heteroatoms. The lowest BCUT2D eigenvalue weighted by molar-refractivity contribution is 0.373. The molecule has 3 rings (SSSR count). The molecule has 0 spiro atoms. The largest absolute Gasteiger partial charge is 0.481 e. The first kappa shape index (κ1) is 18.2. The van der Waals surface area contributed by atoms with Crippen LogP contribution in [0.2, 0.25) is 0 Å². The number of nitrogens with one attached hydrogen (secondary N) is 1. The molecule has 0 unspecified atom stereocenters. The molecule has 0 radical (unpaired) electrons. The Balaban J connectivity index is 2.12. The highest BCUT2D eigenvalue weighted by atomic mass is 31.2. The smallest absolute Gasteiger partial charge is 0.325 e. The van der Waals surface area contributed by atoms with Crippen LogP contribution in [0.15, 0.2) is 35.3 Å². The highest BCUT2D eigenvalue weighted by molar-refractivity contribution is 7.51. The molecule has 3 N–H and O–H groups in total. The summed E-state index contributed by atoms with van der Waals surface area (Å²) in [4.78, 5) is 34.2. The van der Waals surface area contributed by atoms with Crippen LogP contribution in [0.3, 0.4) is 0 Å². The highest BCUT2D eigenvalue weighted by Crippen LogP contribution is 2.35. The molecule has 0 bridgehead atoms. The summed E-state index contributed by atoms with van der Waals surface area (Å²) in [5.74, 6) is -0.462. The number of hydrogen-bond donors (Lipinski definition) is 3. The number of benzene rings is 1. The Hall–Kier alpha value is -2.61. The van der Waals surface area contributed by atoms with E-state index in [1.807, 2.05) is 0 Å². The van der Waals surface area contributed by atoms with Crippen LogP contribution in [-0.4, -0.2) is 38.2 Å². The van der Waals surface area contributed by atoms with E-state index < -0.39 is 19.0 Å². The van der Waals surface area contributed by atoms with Crippen LogP contribution in [-0.2, 0) is 11.0 Å². The first-order chi connectivity index (χ1) is 12.3. The summed E-state index contributed by atoms with van der Waals surface area (Å²) in [6.07, 6.45) is 1.06. The number of halogens is 1. The molecule has 1 aromatic carbocycles. The maximum absolute atomic E-state index is 14.6. The van der Waals surface area contributed by atoms with Crippen LogP contribution in [0.5, 0.6) is 5.88 Å². The molecule has 0 aliphatic rings. The molecule has 0 fully saturated rings. The van der Waals surface area contributed by atoms with Crippen molar-refractivity contribution < 1.29 is 23.5 Å². The van der Waals surface area contributed by atoms with Gasteiger partial charge in [0.1, 0.15) is 5.82 Å². The minimum absolute atomic E-state index is 0.0261. The molecule has 0 saturated heterocycles. The van der Waals surface area contributed by atoms with Crippen molar-refractivity contribution in [3.63, 3.8) is 0 Å². The molecule has 0 saturated carbocycles. The summed E-state index contributed by atoms with van der Waals surface area (Å²) in [5, 5.41) is 6.63. The Bertz CT molecular complexity index is 1080. The van der Waals surface area contributed by atoms with E-state index in [1.165, 1.54) is 37.6 Å². The molecule has 0 aliphatic carbocycles. The van der Waals surface area contributed by atoms with Gasteiger partial charge in [-0.15, -0.1) is 0 Å². The Morgan fingerprint density at radius 3 is 2.73 bits per heavy atom. The van der Waals surface area contributed by atoms with Crippen molar-refractivity contribution in [1.29, 1.82) is 0 Å². The lowest BCUT2D eigenvalue weighted by Gasteiger charge is -2.10. The predicted octanol–water partition coefficient (Wildman–Crippen LogP) is 1.85. The van der Waals surface area contributed by atoms with Gasteiger partial charge >= 0.3 is 7.60 Å². The molecular weight excluding hydrogens is 364 g/mol. The lowest BCUT2D eigenvalue weighted by atomic mass is 10.0. The second-order valence-corrected chi connectivity index (χ2v) is 7.41. The molecule has 8 nitrogen and oxygen atoms in total. The summed E-state index contributed by atoms with van der Waals surface area (Å²) < 4.78 is 30.7. The van der Waals surface area contributed by atoms with E-state index in [0.717, 1.165) is 0 Å². The molecular formula is C16H15FN3O5P. The van der Waals surface area contributed by atoms with Crippen molar-refractivity contribution in [3.8, 4) is 17.1 Å². The third kappa shape index (κ3) is 3.80. The van der Waals surface area contributed by atoms with Gasteiger partial charge in [0.2, 0.25) is 5.88 Å². The fourth-order valence-electron chi connectivity index (χ4n) is 2.58. The van der Waals surface area contributed by atoms with Gasteiger partial charge in [-0.2, -0.15) is 5.10 Å². The Morgan fingerprint density at radius 2 is 2.08 bits per heavy atom. The fourth-order valence-corrected chi connectivity index (χ4v) is 3.13. The van der Waals surface area contributed by atoms with E-state index in [1.54, 1.807) is 0 Å². The number of methoxy groups -OCH3 is 1. The van der Waals surface area contributed by atoms with Crippen LogP contribution < -0.4 is 10.3 Å². The van der Waals surface area contributed by atoms with Crippen LogP contribution in [0.1, 0.15) is 5.56 Å². The highest BCUT2D eigenvalue weighted by Gasteiger charge is 2.17. The average Bonchev–Trinajstić information content (AvgIpc) is 2.58. The summed E-state index contributed by atoms with van der Waals surface area (Å²) >= 11 is 0. The van der Waals surface area contributed by atoms with E-state index >= 15 is 0 Å². The molecule has 0 aliphatic heterocycles. The van der Waals surface area contributed by atoms with Gasteiger partial charge in [-0.3, -0.25) is 9.36 Å². The number of rotatable bonds is 5. The zero-order chi connectivity index (χ0) is 18.9. The van der Waals surface area contributed by atoms with Crippen molar-refractivity contribution in [3.05, 3.63) is 52.2 Å². The van der Waals surface area contributed by atoms with Gasteiger partial charge in [-0.1, -0.05) is 6.07 Å². The maximum atomic E-state index is 14.6. The van der Waals surface area contributed by atoms with E-state index in [9.17, 15) is 13.8 Å². The van der Waals surface area contributed by atoms with Crippen molar-refractivity contribution >= 4 is 18.4 Å². The van der Waals surface area contributed by atoms with Gasteiger partial charge < -0.3 is 14.5 Å². The molecule has 136 valence electrons. The van der Waals surface area contributed by atoms with Crippen LogP contribution in [0.4, 0.5) is 4.39 Å². The quantitative estimate of drug-likeness (QED) is 0.578. The number of aryl methyl sites for hydroxylation is 1. The van der Waals surface area contributed by atoms with Crippen molar-refractivity contribution in [1.82, 2.24) is 15.2 Å². The van der Waals surface area contributed by atoms with Gasteiger partial charge in [0.25, 0.3) is 5.56 Å². The second-order valence-electron chi connectivity index (χ2n) is 5.63. The Kier molecular flexibility index (Phi) is 4.86. The summed E-state index contributed by atoms with van der Waals surface area (Å²) in [6.45, 7) is 0. The molecule has 26 heavy (non-hydrogen) atoms. The first-order valence-electron chi connectivity index (χ1n) is 7.54. The number of H-pyrrole nitrogens is 1. The standard InChI is InChI=1S/C16H15FN3O5P/c1-25-13-7-10-8-18-20-16(21)14(10)15(19-13)11-3-2-9(6-12(11)17)4-5-26(22,23)24/h2-3,6-8H,4-5H2,1H3,(H,20,21)(H2,22,23,24). The van der Waals surface area contributed by atoms with E-state index in [2.05, 4.69) is 15.2 Å². The third-order valence-electron chi connectivity index (χ3n) is 3.81. The van der Waals surface area contributed by atoms with Crippen molar-refractivity contribution in [2.75, 3.05) is 13.3 Å². The number of aromatic nitrogens is 3. The summed E-state index contributed by atoms with van der Waals surface area (Å²) in [7, 11) is -2.77. The summed E-state index contributed by atoms with van der Waals surface area (Å²) in [6, 6.07) is 5.66. The van der Waals surface area contributed by atoms with Gasteiger partial charge in [-0.05, 0) is 24.1 Å². The Labute approximate surface area is 146 Å². The molecule has 0 amide bonds. The summed E-state index contributed by atoms with van der Waals surface area (Å²) in [5.41, 5.74) is 0.0857. The number of ether oxygens (including phenoxy) is 1. The normalized spacial score (nSPS) is 11.7. The van der Waals surface area contributed by atoms with E-state index in [0.29, 0.717) is 10.9 Å². The molecule has 3 aromatic rings. The van der Waals surface area contributed by atoms with E-state index in [-0.39, 0.29) is 35.1 Å². The first-order valence-corrected chi connectivity index (χ1v) is 9.34. The Morgan fingerprint density at radius 1 is 1.31 bits per heavy atom. The van der Waals surface area contributed by atoms with Crippen LogP contribution >= 0.6 is 7.60 Å². The van der Waals surface area contributed by atoms with E-state index in [4.69, 9.17) is 14.5 Å². The second kappa shape index (κ2) is 6.95. The minimum atomic E-state index is -4.17. The minimum Gasteiger partial charge on any atom is -0.481 e. The molecule has 2 aromatic heterocycles. The van der Waals surface area contributed by atoms with Gasteiger partial charge in [0, 0.05) is 17.0 Å². The topological polar surface area (TPSA) is 125 Å². The monoisotopic (exact) mass is 379 g/mol.